The van der Waals surface area contributed by atoms with Crippen LogP contribution < -0.4 is 5.32 Å². The Hall–Kier alpha value is -2.36. The van der Waals surface area contributed by atoms with Crippen molar-refractivity contribution in [2.75, 3.05) is 13.2 Å². The van der Waals surface area contributed by atoms with E-state index in [-0.39, 0.29) is 5.82 Å². The molecule has 3 nitrogen and oxygen atoms in total. The minimum absolute atomic E-state index is 0.266. The van der Waals surface area contributed by atoms with Gasteiger partial charge in [0.2, 0.25) is 0 Å². The van der Waals surface area contributed by atoms with Crippen LogP contribution in [0.4, 0.5) is 9.18 Å². The summed E-state index contributed by atoms with van der Waals surface area (Å²) in [4.78, 5) is 11.5. The molecule has 0 atom stereocenters. The third kappa shape index (κ3) is 5.56. The summed E-state index contributed by atoms with van der Waals surface area (Å²) in [6.07, 6.45) is 0.827. The van der Waals surface area contributed by atoms with Crippen LogP contribution in [0.3, 0.4) is 0 Å². The van der Waals surface area contributed by atoms with Crippen molar-refractivity contribution < 1.29 is 13.9 Å². The molecule has 0 heterocycles. The zero-order valence-corrected chi connectivity index (χ0v) is 12.6. The highest BCUT2D eigenvalue weighted by Crippen LogP contribution is 2.05. The van der Waals surface area contributed by atoms with Crippen molar-refractivity contribution in [1.29, 1.82) is 0 Å². The van der Waals surface area contributed by atoms with Crippen molar-refractivity contribution in [1.82, 2.24) is 5.32 Å². The molecule has 0 saturated heterocycles. The summed E-state index contributed by atoms with van der Waals surface area (Å²) in [5.41, 5.74) is 3.18. The zero-order chi connectivity index (χ0) is 15.8. The number of halogens is 1. The maximum atomic E-state index is 13.0. The van der Waals surface area contributed by atoms with Gasteiger partial charge in [0.25, 0.3) is 0 Å². The third-order valence-electron chi connectivity index (χ3n) is 3.28. The van der Waals surface area contributed by atoms with Gasteiger partial charge in [-0.15, -0.1) is 0 Å². The number of aryl methyl sites for hydroxylation is 1. The molecule has 0 saturated carbocycles. The second-order valence-electron chi connectivity index (χ2n) is 5.18. The lowest BCUT2D eigenvalue weighted by atomic mass is 10.1. The van der Waals surface area contributed by atoms with Gasteiger partial charge in [0.1, 0.15) is 5.82 Å². The molecule has 0 aliphatic carbocycles. The Balaban J connectivity index is 1.64. The van der Waals surface area contributed by atoms with Gasteiger partial charge in [-0.05, 0) is 36.6 Å². The number of rotatable bonds is 6. The van der Waals surface area contributed by atoms with E-state index in [2.05, 4.69) is 11.4 Å². The van der Waals surface area contributed by atoms with Crippen LogP contribution >= 0.6 is 0 Å². The SMILES string of the molecule is Cc1cccc(CCOC(=O)NCCc2cccc(F)c2)c1. The lowest BCUT2D eigenvalue weighted by molar-refractivity contribution is 0.147. The number of ether oxygens (including phenoxy) is 1. The van der Waals surface area contributed by atoms with Crippen molar-refractivity contribution in [3.63, 3.8) is 0 Å². The average molecular weight is 301 g/mol. The van der Waals surface area contributed by atoms with E-state index >= 15 is 0 Å². The number of hydrogen-bond donors (Lipinski definition) is 1. The number of amides is 1. The molecule has 0 radical (unpaired) electrons. The van der Waals surface area contributed by atoms with Crippen molar-refractivity contribution in [2.45, 2.75) is 19.8 Å². The van der Waals surface area contributed by atoms with Crippen LogP contribution in [0.15, 0.2) is 48.5 Å². The molecule has 2 aromatic rings. The standard InChI is InChI=1S/C18H20FNO2/c1-14-4-2-5-16(12-14)9-11-22-18(21)20-10-8-15-6-3-7-17(19)13-15/h2-7,12-13H,8-11H2,1H3,(H,20,21). The van der Waals surface area contributed by atoms with E-state index in [9.17, 15) is 9.18 Å². The Bertz CT molecular complexity index is 574. The minimum atomic E-state index is -0.441. The quantitative estimate of drug-likeness (QED) is 0.884. The molecule has 0 aromatic heterocycles. The summed E-state index contributed by atoms with van der Waals surface area (Å²) < 4.78 is 18.1. The number of carbonyl (C=O) groups is 1. The van der Waals surface area contributed by atoms with Gasteiger partial charge in [-0.1, -0.05) is 42.0 Å². The number of alkyl carbamates (subject to hydrolysis) is 1. The molecule has 1 amide bonds. The molecule has 4 heteroatoms. The molecule has 0 aliphatic heterocycles. The lowest BCUT2D eigenvalue weighted by Crippen LogP contribution is -2.27. The number of carbonyl (C=O) groups excluding carboxylic acids is 1. The summed E-state index contributed by atoms with van der Waals surface area (Å²) in [7, 11) is 0. The first-order valence-corrected chi connectivity index (χ1v) is 7.34. The summed E-state index contributed by atoms with van der Waals surface area (Å²) in [5.74, 6) is -0.266. The van der Waals surface area contributed by atoms with Gasteiger partial charge < -0.3 is 10.1 Å². The molecule has 1 N–H and O–H groups in total. The van der Waals surface area contributed by atoms with Crippen LogP contribution in [-0.2, 0) is 17.6 Å². The molecular formula is C18H20FNO2. The first kappa shape index (κ1) is 16.0. The van der Waals surface area contributed by atoms with Crippen LogP contribution in [0, 0.1) is 12.7 Å². The first-order chi connectivity index (χ1) is 10.6. The van der Waals surface area contributed by atoms with Crippen molar-refractivity contribution in [2.24, 2.45) is 0 Å². The normalized spacial score (nSPS) is 10.3. The van der Waals surface area contributed by atoms with E-state index in [1.807, 2.05) is 31.2 Å². The third-order valence-corrected chi connectivity index (χ3v) is 3.28. The highest BCUT2D eigenvalue weighted by Gasteiger charge is 2.02. The molecular weight excluding hydrogens is 281 g/mol. The van der Waals surface area contributed by atoms with Gasteiger partial charge in [-0.25, -0.2) is 9.18 Å². The lowest BCUT2D eigenvalue weighted by Gasteiger charge is -2.07. The molecule has 116 valence electrons. The fraction of sp³-hybridized carbons (Fsp3) is 0.278. The Labute approximate surface area is 130 Å². The van der Waals surface area contributed by atoms with Gasteiger partial charge in [-0.2, -0.15) is 0 Å². The van der Waals surface area contributed by atoms with Crippen molar-refractivity contribution in [3.8, 4) is 0 Å². The van der Waals surface area contributed by atoms with Crippen LogP contribution in [0.2, 0.25) is 0 Å². The zero-order valence-electron chi connectivity index (χ0n) is 12.6. The van der Waals surface area contributed by atoms with Gasteiger partial charge in [0.15, 0.2) is 0 Å². The molecule has 22 heavy (non-hydrogen) atoms. The Morgan fingerprint density at radius 1 is 1.09 bits per heavy atom. The first-order valence-electron chi connectivity index (χ1n) is 7.34. The van der Waals surface area contributed by atoms with Crippen molar-refractivity contribution >= 4 is 6.09 Å². The molecule has 2 rings (SSSR count). The molecule has 0 aliphatic rings. The smallest absolute Gasteiger partial charge is 0.407 e. The van der Waals surface area contributed by atoms with E-state index in [1.54, 1.807) is 6.07 Å². The van der Waals surface area contributed by atoms with E-state index in [4.69, 9.17) is 4.74 Å². The second kappa shape index (κ2) is 8.17. The van der Waals surface area contributed by atoms with Gasteiger partial charge >= 0.3 is 6.09 Å². The van der Waals surface area contributed by atoms with Gasteiger partial charge in [-0.3, -0.25) is 0 Å². The minimum Gasteiger partial charge on any atom is -0.449 e. The highest BCUT2D eigenvalue weighted by atomic mass is 19.1. The number of nitrogens with one attached hydrogen (secondary N) is 1. The van der Waals surface area contributed by atoms with E-state index < -0.39 is 6.09 Å². The number of benzene rings is 2. The van der Waals surface area contributed by atoms with Crippen molar-refractivity contribution in [3.05, 3.63) is 71.0 Å². The fourth-order valence-electron chi connectivity index (χ4n) is 2.18. The Morgan fingerprint density at radius 2 is 1.82 bits per heavy atom. The summed E-state index contributed by atoms with van der Waals surface area (Å²) in [6.45, 7) is 2.80. The van der Waals surface area contributed by atoms with E-state index in [0.29, 0.717) is 26.0 Å². The number of hydrogen-bond acceptors (Lipinski definition) is 2. The largest absolute Gasteiger partial charge is 0.449 e. The monoisotopic (exact) mass is 301 g/mol. The predicted octanol–water partition coefficient (Wildman–Crippen LogP) is 3.65. The Kier molecular flexibility index (Phi) is 5.95. The van der Waals surface area contributed by atoms with Crippen LogP contribution in [0.5, 0.6) is 0 Å². The molecule has 0 spiro atoms. The predicted molar refractivity (Wildman–Crippen MR) is 84.3 cm³/mol. The van der Waals surface area contributed by atoms with Crippen LogP contribution in [-0.4, -0.2) is 19.2 Å². The highest BCUT2D eigenvalue weighted by molar-refractivity contribution is 5.67. The summed E-state index contributed by atoms with van der Waals surface area (Å²) >= 11 is 0. The van der Waals surface area contributed by atoms with E-state index in [1.165, 1.54) is 17.7 Å². The maximum Gasteiger partial charge on any atom is 0.407 e. The van der Waals surface area contributed by atoms with Gasteiger partial charge in [0.05, 0.1) is 6.61 Å². The summed E-state index contributed by atoms with van der Waals surface area (Å²) in [5, 5.41) is 2.66. The van der Waals surface area contributed by atoms with Crippen LogP contribution in [0.1, 0.15) is 16.7 Å². The average Bonchev–Trinajstić information content (AvgIpc) is 2.47. The maximum absolute atomic E-state index is 13.0. The Morgan fingerprint density at radius 3 is 2.55 bits per heavy atom. The van der Waals surface area contributed by atoms with Crippen LogP contribution in [0.25, 0.3) is 0 Å². The second-order valence-corrected chi connectivity index (χ2v) is 5.18. The molecule has 0 unspecified atom stereocenters. The molecule has 0 bridgehead atoms. The molecule has 0 fully saturated rings. The topological polar surface area (TPSA) is 38.3 Å². The fourth-order valence-corrected chi connectivity index (χ4v) is 2.18. The van der Waals surface area contributed by atoms with E-state index in [0.717, 1.165) is 11.1 Å². The summed E-state index contributed by atoms with van der Waals surface area (Å²) in [6, 6.07) is 14.5. The molecule has 2 aromatic carbocycles. The van der Waals surface area contributed by atoms with Gasteiger partial charge in [0, 0.05) is 13.0 Å².